The van der Waals surface area contributed by atoms with E-state index >= 15 is 0 Å². The maximum Gasteiger partial charge on any atom is 0.282 e. The minimum Gasteiger partial charge on any atom is -0.483 e. The molecule has 0 bridgehead atoms. The second-order valence-corrected chi connectivity index (χ2v) is 9.10. The molecule has 4 rings (SSSR count). The third-order valence-corrected chi connectivity index (χ3v) is 6.08. The Kier molecular flexibility index (Phi) is 7.90. The summed E-state index contributed by atoms with van der Waals surface area (Å²) in [5.41, 5.74) is 1.25. The van der Waals surface area contributed by atoms with Crippen LogP contribution in [0.3, 0.4) is 0 Å². The van der Waals surface area contributed by atoms with Crippen molar-refractivity contribution in [2.75, 3.05) is 11.9 Å². The van der Waals surface area contributed by atoms with Crippen LogP contribution < -0.4 is 15.6 Å². The number of aromatic nitrogens is 2. The number of ether oxygens (including phenoxy) is 1. The molecule has 0 saturated heterocycles. The third kappa shape index (κ3) is 5.85. The average molecular weight is 551 g/mol. The first kappa shape index (κ1) is 25.2. The van der Waals surface area contributed by atoms with Gasteiger partial charge in [-0.3, -0.25) is 9.59 Å². The highest BCUT2D eigenvalue weighted by Crippen LogP contribution is 2.21. The predicted octanol–water partition coefficient (Wildman–Crippen LogP) is 5.71. The van der Waals surface area contributed by atoms with Crippen molar-refractivity contribution in [2.24, 2.45) is 5.10 Å². The van der Waals surface area contributed by atoms with Gasteiger partial charge in [0, 0.05) is 21.6 Å². The fourth-order valence-electron chi connectivity index (χ4n) is 3.52. The smallest absolute Gasteiger partial charge is 0.282 e. The van der Waals surface area contributed by atoms with Crippen LogP contribution in [0.1, 0.15) is 37.6 Å². The number of rotatable bonds is 8. The number of anilines is 1. The summed E-state index contributed by atoms with van der Waals surface area (Å²) in [6.07, 6.45) is 2.29. The van der Waals surface area contributed by atoms with Crippen LogP contribution in [-0.2, 0) is 4.79 Å². The third-order valence-electron chi connectivity index (χ3n) is 5.58. The SMILES string of the molecule is CC[C@H](C)c1nc2ccc(Br)cc2c(=O)n1N=Cc1ccccc1OCC(=O)Nc1cccc(F)c1. The highest BCUT2D eigenvalue weighted by Gasteiger charge is 2.16. The van der Waals surface area contributed by atoms with Gasteiger partial charge in [0.15, 0.2) is 6.61 Å². The van der Waals surface area contributed by atoms with Crippen molar-refractivity contribution in [3.8, 4) is 5.75 Å². The van der Waals surface area contributed by atoms with Crippen LogP contribution in [-0.4, -0.2) is 28.4 Å². The largest absolute Gasteiger partial charge is 0.483 e. The standard InChI is InChI=1S/C27H24BrFN4O3/c1-3-17(2)26-32-23-12-11-19(28)13-22(23)27(35)33(26)30-15-18-7-4-5-10-24(18)36-16-25(34)31-21-9-6-8-20(29)14-21/h4-15,17H,3,16H2,1-2H3,(H,31,34)/t17-/m0/s1. The Hall–Kier alpha value is -3.85. The molecule has 3 aromatic carbocycles. The van der Waals surface area contributed by atoms with Crippen LogP contribution in [0.25, 0.3) is 10.9 Å². The summed E-state index contributed by atoms with van der Waals surface area (Å²) in [6.45, 7) is 3.73. The lowest BCUT2D eigenvalue weighted by atomic mass is 10.1. The number of halogens is 2. The number of fused-ring (bicyclic) bond motifs is 1. The molecule has 1 atom stereocenters. The Morgan fingerprint density at radius 2 is 2.00 bits per heavy atom. The fraction of sp³-hybridized carbons (Fsp3) is 0.185. The van der Waals surface area contributed by atoms with E-state index in [4.69, 9.17) is 9.72 Å². The molecule has 1 N–H and O–H groups in total. The first-order valence-corrected chi connectivity index (χ1v) is 12.2. The molecule has 7 nitrogen and oxygen atoms in total. The van der Waals surface area contributed by atoms with Crippen molar-refractivity contribution >= 4 is 44.6 Å². The lowest BCUT2D eigenvalue weighted by Crippen LogP contribution is -2.24. The van der Waals surface area contributed by atoms with Gasteiger partial charge >= 0.3 is 0 Å². The van der Waals surface area contributed by atoms with E-state index in [1.54, 1.807) is 42.5 Å². The molecule has 0 aliphatic rings. The van der Waals surface area contributed by atoms with Gasteiger partial charge in [-0.1, -0.05) is 48.0 Å². The van der Waals surface area contributed by atoms with Gasteiger partial charge < -0.3 is 10.1 Å². The summed E-state index contributed by atoms with van der Waals surface area (Å²) >= 11 is 3.41. The van der Waals surface area contributed by atoms with Crippen LogP contribution >= 0.6 is 15.9 Å². The Morgan fingerprint density at radius 3 is 2.78 bits per heavy atom. The molecule has 0 radical (unpaired) electrons. The topological polar surface area (TPSA) is 85.6 Å². The van der Waals surface area contributed by atoms with Crippen molar-refractivity contribution in [1.29, 1.82) is 0 Å². The molecular formula is C27H24BrFN4O3. The molecule has 1 heterocycles. The van der Waals surface area contributed by atoms with Gasteiger partial charge in [-0.25, -0.2) is 9.37 Å². The highest BCUT2D eigenvalue weighted by atomic mass is 79.9. The molecule has 9 heteroatoms. The summed E-state index contributed by atoms with van der Waals surface area (Å²) in [5, 5.41) is 7.51. The first-order chi connectivity index (χ1) is 17.4. The van der Waals surface area contributed by atoms with Gasteiger partial charge in [0.2, 0.25) is 0 Å². The lowest BCUT2D eigenvalue weighted by molar-refractivity contribution is -0.118. The molecule has 0 saturated carbocycles. The normalized spacial score (nSPS) is 12.1. The highest BCUT2D eigenvalue weighted by molar-refractivity contribution is 9.10. The molecule has 36 heavy (non-hydrogen) atoms. The molecule has 0 aliphatic heterocycles. The van der Waals surface area contributed by atoms with E-state index < -0.39 is 11.7 Å². The van der Waals surface area contributed by atoms with Crippen molar-refractivity contribution < 1.29 is 13.9 Å². The maximum atomic E-state index is 13.4. The zero-order chi connectivity index (χ0) is 25.7. The number of carbonyl (C=O) groups excluding carboxylic acids is 1. The van der Waals surface area contributed by atoms with Crippen molar-refractivity contribution in [2.45, 2.75) is 26.2 Å². The van der Waals surface area contributed by atoms with E-state index in [0.29, 0.717) is 33.7 Å². The van der Waals surface area contributed by atoms with Crippen molar-refractivity contribution in [3.05, 3.63) is 98.8 Å². The first-order valence-electron chi connectivity index (χ1n) is 11.4. The average Bonchev–Trinajstić information content (AvgIpc) is 2.87. The molecule has 1 amide bonds. The molecule has 184 valence electrons. The summed E-state index contributed by atoms with van der Waals surface area (Å²) < 4.78 is 21.1. The van der Waals surface area contributed by atoms with E-state index in [9.17, 15) is 14.0 Å². The van der Waals surface area contributed by atoms with Crippen LogP contribution in [0.15, 0.2) is 81.1 Å². The summed E-state index contributed by atoms with van der Waals surface area (Å²) in [5.74, 6) is 0.0809. The number of nitrogens with one attached hydrogen (secondary N) is 1. The molecule has 0 unspecified atom stereocenters. The number of benzene rings is 3. The molecule has 0 spiro atoms. The maximum absolute atomic E-state index is 13.4. The van der Waals surface area contributed by atoms with Crippen molar-refractivity contribution in [1.82, 2.24) is 9.66 Å². The number of nitrogens with zero attached hydrogens (tertiary/aromatic N) is 3. The minimum atomic E-state index is -0.446. The number of hydrogen-bond acceptors (Lipinski definition) is 5. The monoisotopic (exact) mass is 550 g/mol. The van der Waals surface area contributed by atoms with Gasteiger partial charge in [0.05, 0.1) is 17.1 Å². The number of amides is 1. The van der Waals surface area contributed by atoms with E-state index in [0.717, 1.165) is 10.9 Å². The number of carbonyl (C=O) groups is 1. The minimum absolute atomic E-state index is 0.000842. The second kappa shape index (κ2) is 11.3. The van der Waals surface area contributed by atoms with Gasteiger partial charge in [-0.2, -0.15) is 9.78 Å². The molecule has 0 fully saturated rings. The Bertz CT molecular complexity index is 1500. The summed E-state index contributed by atoms with van der Waals surface area (Å²) in [4.78, 5) is 30.3. The van der Waals surface area contributed by atoms with Crippen LogP contribution in [0.5, 0.6) is 5.75 Å². The predicted molar refractivity (Wildman–Crippen MR) is 142 cm³/mol. The van der Waals surface area contributed by atoms with Crippen molar-refractivity contribution in [3.63, 3.8) is 0 Å². The Morgan fingerprint density at radius 1 is 1.19 bits per heavy atom. The van der Waals surface area contributed by atoms with E-state index in [2.05, 4.69) is 26.3 Å². The quantitative estimate of drug-likeness (QED) is 0.284. The van der Waals surface area contributed by atoms with Gasteiger partial charge in [0.1, 0.15) is 17.4 Å². The van der Waals surface area contributed by atoms with Crippen LogP contribution in [0, 0.1) is 5.82 Å². The number of para-hydroxylation sites is 1. The zero-order valence-corrected chi connectivity index (χ0v) is 21.3. The van der Waals surface area contributed by atoms with Crippen LogP contribution in [0.2, 0.25) is 0 Å². The molecule has 0 aliphatic carbocycles. The number of hydrogen-bond donors (Lipinski definition) is 1. The van der Waals surface area contributed by atoms with Crippen LogP contribution in [0.4, 0.5) is 10.1 Å². The van der Waals surface area contributed by atoms with Gasteiger partial charge in [0.25, 0.3) is 11.5 Å². The molecular weight excluding hydrogens is 527 g/mol. The fourth-order valence-corrected chi connectivity index (χ4v) is 3.89. The Balaban J connectivity index is 1.60. The van der Waals surface area contributed by atoms with E-state index in [1.807, 2.05) is 19.9 Å². The molecule has 4 aromatic rings. The lowest BCUT2D eigenvalue weighted by Gasteiger charge is -2.14. The summed E-state index contributed by atoms with van der Waals surface area (Å²) in [6, 6.07) is 18.0. The van der Waals surface area contributed by atoms with Gasteiger partial charge in [-0.15, -0.1) is 0 Å². The zero-order valence-electron chi connectivity index (χ0n) is 19.7. The molecule has 1 aromatic heterocycles. The van der Waals surface area contributed by atoms with Gasteiger partial charge in [-0.05, 0) is 55.0 Å². The van der Waals surface area contributed by atoms with E-state index in [-0.39, 0.29) is 18.1 Å². The summed E-state index contributed by atoms with van der Waals surface area (Å²) in [7, 11) is 0. The van der Waals surface area contributed by atoms with E-state index in [1.165, 1.54) is 29.1 Å². The second-order valence-electron chi connectivity index (χ2n) is 8.19. The Labute approximate surface area is 215 Å².